The largest absolute Gasteiger partial charge is 0.496 e. The fraction of sp³-hybridized carbons (Fsp3) is 0.333. The van der Waals surface area contributed by atoms with Crippen molar-refractivity contribution in [3.8, 4) is 5.75 Å². The zero-order valence-corrected chi connectivity index (χ0v) is 12.0. The molecule has 2 aromatic rings. The SMILES string of the molecule is COc1ccccc1CCNC(=O)c1cc(C)n(C)n1. The molecule has 0 aliphatic carbocycles. The van der Waals surface area contributed by atoms with Gasteiger partial charge in [0.2, 0.25) is 0 Å². The Bertz CT molecular complexity index is 585. The Balaban J connectivity index is 1.91. The lowest BCUT2D eigenvalue weighted by Crippen LogP contribution is -2.26. The first kappa shape index (κ1) is 14.1. The zero-order chi connectivity index (χ0) is 14.5. The van der Waals surface area contributed by atoms with Crippen LogP contribution in [0.5, 0.6) is 5.75 Å². The van der Waals surface area contributed by atoms with Crippen molar-refractivity contribution < 1.29 is 9.53 Å². The van der Waals surface area contributed by atoms with Crippen LogP contribution in [0.1, 0.15) is 21.7 Å². The second-order valence-corrected chi connectivity index (χ2v) is 4.61. The van der Waals surface area contributed by atoms with E-state index in [2.05, 4.69) is 10.4 Å². The maximum Gasteiger partial charge on any atom is 0.271 e. The summed E-state index contributed by atoms with van der Waals surface area (Å²) >= 11 is 0. The average Bonchev–Trinajstić information content (AvgIpc) is 2.79. The van der Waals surface area contributed by atoms with Crippen molar-refractivity contribution in [1.82, 2.24) is 15.1 Å². The highest BCUT2D eigenvalue weighted by Gasteiger charge is 2.10. The number of nitrogens with zero attached hydrogens (tertiary/aromatic N) is 2. The Kier molecular flexibility index (Phi) is 4.40. The molecule has 0 spiro atoms. The zero-order valence-electron chi connectivity index (χ0n) is 12.0. The number of hydrogen-bond donors (Lipinski definition) is 1. The average molecular weight is 273 g/mol. The molecule has 5 nitrogen and oxygen atoms in total. The van der Waals surface area contributed by atoms with Gasteiger partial charge in [0.1, 0.15) is 11.4 Å². The summed E-state index contributed by atoms with van der Waals surface area (Å²) < 4.78 is 6.97. The fourth-order valence-corrected chi connectivity index (χ4v) is 1.98. The van der Waals surface area contributed by atoms with Gasteiger partial charge in [0.15, 0.2) is 0 Å². The maximum absolute atomic E-state index is 11.9. The number of aryl methyl sites for hydroxylation is 2. The molecule has 0 radical (unpaired) electrons. The van der Waals surface area contributed by atoms with E-state index < -0.39 is 0 Å². The predicted molar refractivity (Wildman–Crippen MR) is 77.0 cm³/mol. The summed E-state index contributed by atoms with van der Waals surface area (Å²) in [6.07, 6.45) is 0.724. The van der Waals surface area contributed by atoms with Crippen LogP contribution < -0.4 is 10.1 Å². The van der Waals surface area contributed by atoms with Crippen molar-refractivity contribution in [1.29, 1.82) is 0 Å². The lowest BCUT2D eigenvalue weighted by molar-refractivity contribution is 0.0948. The molecular formula is C15H19N3O2. The first-order valence-electron chi connectivity index (χ1n) is 6.52. The smallest absolute Gasteiger partial charge is 0.271 e. The minimum atomic E-state index is -0.149. The second-order valence-electron chi connectivity index (χ2n) is 4.61. The van der Waals surface area contributed by atoms with E-state index >= 15 is 0 Å². The number of ether oxygens (including phenoxy) is 1. The number of amides is 1. The van der Waals surface area contributed by atoms with E-state index in [4.69, 9.17) is 4.74 Å². The van der Waals surface area contributed by atoms with Gasteiger partial charge in [-0.2, -0.15) is 5.10 Å². The van der Waals surface area contributed by atoms with Crippen molar-refractivity contribution in [3.05, 3.63) is 47.3 Å². The normalized spacial score (nSPS) is 10.3. The van der Waals surface area contributed by atoms with Gasteiger partial charge in [-0.05, 0) is 31.0 Å². The highest BCUT2D eigenvalue weighted by Crippen LogP contribution is 2.17. The minimum absolute atomic E-state index is 0.149. The highest BCUT2D eigenvalue weighted by atomic mass is 16.5. The molecule has 106 valence electrons. The van der Waals surface area contributed by atoms with Crippen molar-refractivity contribution in [2.45, 2.75) is 13.3 Å². The summed E-state index contributed by atoms with van der Waals surface area (Å²) in [5.74, 6) is 0.694. The summed E-state index contributed by atoms with van der Waals surface area (Å²) in [6.45, 7) is 2.47. The van der Waals surface area contributed by atoms with E-state index in [9.17, 15) is 4.79 Å². The third kappa shape index (κ3) is 3.17. The molecule has 0 unspecified atom stereocenters. The fourth-order valence-electron chi connectivity index (χ4n) is 1.98. The van der Waals surface area contributed by atoms with Crippen LogP contribution in [-0.2, 0) is 13.5 Å². The molecule has 0 aliphatic heterocycles. The molecule has 1 amide bonds. The number of para-hydroxylation sites is 1. The van der Waals surface area contributed by atoms with Crippen LogP contribution >= 0.6 is 0 Å². The first-order chi connectivity index (χ1) is 9.61. The van der Waals surface area contributed by atoms with E-state index in [0.717, 1.165) is 23.4 Å². The van der Waals surface area contributed by atoms with Crippen LogP contribution in [-0.4, -0.2) is 29.3 Å². The van der Waals surface area contributed by atoms with Crippen LogP contribution in [0.3, 0.4) is 0 Å². The molecule has 1 heterocycles. The Labute approximate surface area is 118 Å². The summed E-state index contributed by atoms with van der Waals surface area (Å²) in [6, 6.07) is 9.58. The van der Waals surface area contributed by atoms with Crippen molar-refractivity contribution >= 4 is 5.91 Å². The maximum atomic E-state index is 11.9. The molecule has 2 rings (SSSR count). The lowest BCUT2D eigenvalue weighted by atomic mass is 10.1. The van der Waals surface area contributed by atoms with Crippen LogP contribution in [0.25, 0.3) is 0 Å². The standard InChI is InChI=1S/C15H19N3O2/c1-11-10-13(17-18(11)2)15(19)16-9-8-12-6-4-5-7-14(12)20-3/h4-7,10H,8-9H2,1-3H3,(H,16,19). The van der Waals surface area contributed by atoms with Crippen molar-refractivity contribution in [2.75, 3.05) is 13.7 Å². The van der Waals surface area contributed by atoms with Gasteiger partial charge in [-0.3, -0.25) is 9.48 Å². The molecule has 1 aromatic heterocycles. The summed E-state index contributed by atoms with van der Waals surface area (Å²) in [5, 5.41) is 7.02. The molecule has 0 saturated carbocycles. The highest BCUT2D eigenvalue weighted by molar-refractivity contribution is 5.92. The number of rotatable bonds is 5. The molecule has 1 N–H and O–H groups in total. The van der Waals surface area contributed by atoms with Gasteiger partial charge < -0.3 is 10.1 Å². The number of carbonyl (C=O) groups is 1. The molecule has 20 heavy (non-hydrogen) atoms. The summed E-state index contributed by atoms with van der Waals surface area (Å²) in [7, 11) is 3.47. The summed E-state index contributed by atoms with van der Waals surface area (Å²) in [4.78, 5) is 11.9. The molecular weight excluding hydrogens is 254 g/mol. The van der Waals surface area contributed by atoms with Crippen LogP contribution in [0.4, 0.5) is 0 Å². The molecule has 5 heteroatoms. The molecule has 0 bridgehead atoms. The van der Waals surface area contributed by atoms with E-state index in [1.165, 1.54) is 0 Å². The van der Waals surface area contributed by atoms with Gasteiger partial charge in [0.05, 0.1) is 7.11 Å². The Morgan fingerprint density at radius 1 is 1.40 bits per heavy atom. The number of methoxy groups -OCH3 is 1. The van der Waals surface area contributed by atoms with E-state index in [1.54, 1.807) is 17.9 Å². The third-order valence-electron chi connectivity index (χ3n) is 3.22. The molecule has 0 saturated heterocycles. The number of hydrogen-bond acceptors (Lipinski definition) is 3. The Hall–Kier alpha value is -2.30. The second kappa shape index (κ2) is 6.23. The van der Waals surface area contributed by atoms with Gasteiger partial charge >= 0.3 is 0 Å². The molecule has 0 aliphatic rings. The van der Waals surface area contributed by atoms with Crippen LogP contribution in [0.15, 0.2) is 30.3 Å². The minimum Gasteiger partial charge on any atom is -0.496 e. The Morgan fingerprint density at radius 3 is 2.80 bits per heavy atom. The van der Waals surface area contributed by atoms with Crippen molar-refractivity contribution in [3.63, 3.8) is 0 Å². The van der Waals surface area contributed by atoms with Gasteiger partial charge in [-0.15, -0.1) is 0 Å². The lowest BCUT2D eigenvalue weighted by Gasteiger charge is -2.08. The molecule has 0 fully saturated rings. The van der Waals surface area contributed by atoms with Gasteiger partial charge in [-0.25, -0.2) is 0 Å². The molecule has 1 aromatic carbocycles. The predicted octanol–water partition coefficient (Wildman–Crippen LogP) is 1.71. The summed E-state index contributed by atoms with van der Waals surface area (Å²) in [5.41, 5.74) is 2.48. The number of aromatic nitrogens is 2. The van der Waals surface area contributed by atoms with Crippen LogP contribution in [0.2, 0.25) is 0 Å². The molecule has 0 atom stereocenters. The Morgan fingerprint density at radius 2 is 2.15 bits per heavy atom. The quantitative estimate of drug-likeness (QED) is 0.902. The van der Waals surface area contributed by atoms with Crippen LogP contribution in [0, 0.1) is 6.92 Å². The number of benzene rings is 1. The van der Waals surface area contributed by atoms with E-state index in [1.807, 2.05) is 38.2 Å². The van der Waals surface area contributed by atoms with Crippen molar-refractivity contribution in [2.24, 2.45) is 7.05 Å². The third-order valence-corrected chi connectivity index (χ3v) is 3.22. The van der Waals surface area contributed by atoms with E-state index in [0.29, 0.717) is 12.2 Å². The number of nitrogens with one attached hydrogen (secondary N) is 1. The number of carbonyl (C=O) groups excluding carboxylic acids is 1. The monoisotopic (exact) mass is 273 g/mol. The first-order valence-corrected chi connectivity index (χ1v) is 6.52. The van der Waals surface area contributed by atoms with Gasteiger partial charge in [0, 0.05) is 19.3 Å². The topological polar surface area (TPSA) is 56.1 Å². The van der Waals surface area contributed by atoms with Gasteiger partial charge in [-0.1, -0.05) is 18.2 Å². The van der Waals surface area contributed by atoms with E-state index in [-0.39, 0.29) is 5.91 Å². The van der Waals surface area contributed by atoms with Gasteiger partial charge in [0.25, 0.3) is 5.91 Å².